The minimum atomic E-state index is -0.491. The summed E-state index contributed by atoms with van der Waals surface area (Å²) in [6.07, 6.45) is 4.02. The fourth-order valence-electron chi connectivity index (χ4n) is 2.94. The van der Waals surface area contributed by atoms with Gasteiger partial charge in [-0.25, -0.2) is 4.79 Å². The zero-order valence-corrected chi connectivity index (χ0v) is 13.8. The molecule has 2 N–H and O–H groups in total. The van der Waals surface area contributed by atoms with Crippen molar-refractivity contribution in [2.24, 2.45) is 5.92 Å². The quantitative estimate of drug-likeness (QED) is 0.875. The number of hydrogen-bond acceptors (Lipinski definition) is 3. The molecule has 0 saturated heterocycles. The van der Waals surface area contributed by atoms with Crippen molar-refractivity contribution < 1.29 is 14.6 Å². The zero-order valence-electron chi connectivity index (χ0n) is 13.8. The Balaban J connectivity index is 1.89. The lowest BCUT2D eigenvalue weighted by Gasteiger charge is -2.27. The van der Waals surface area contributed by atoms with Crippen LogP contribution in [0.5, 0.6) is 0 Å². The van der Waals surface area contributed by atoms with Gasteiger partial charge in [-0.15, -0.1) is 0 Å². The van der Waals surface area contributed by atoms with Crippen LogP contribution in [0.3, 0.4) is 0 Å². The molecule has 0 atom stereocenters. The summed E-state index contributed by atoms with van der Waals surface area (Å²) in [5.74, 6) is 1.04. The van der Waals surface area contributed by atoms with Crippen molar-refractivity contribution in [3.8, 4) is 0 Å². The molecule has 1 aromatic rings. The zero-order chi connectivity index (χ0) is 16.2. The first-order valence-corrected chi connectivity index (χ1v) is 8.08. The molecule has 1 aliphatic rings. The molecular weight excluding hydrogens is 278 g/mol. The van der Waals surface area contributed by atoms with E-state index in [0.717, 1.165) is 31.4 Å². The molecule has 2 rings (SSSR count). The summed E-state index contributed by atoms with van der Waals surface area (Å²) in [7, 11) is 0. The maximum atomic E-state index is 11.7. The van der Waals surface area contributed by atoms with Gasteiger partial charge in [-0.1, -0.05) is 12.1 Å². The van der Waals surface area contributed by atoms with Gasteiger partial charge in [0, 0.05) is 12.3 Å². The molecule has 1 aromatic carbocycles. The lowest BCUT2D eigenvalue weighted by molar-refractivity contribution is 0.0636. The summed E-state index contributed by atoms with van der Waals surface area (Å²) in [6.45, 7) is 5.85. The Kier molecular flexibility index (Phi) is 5.46. The van der Waals surface area contributed by atoms with Gasteiger partial charge in [-0.05, 0) is 76.0 Å². The molecule has 0 bridgehead atoms. The van der Waals surface area contributed by atoms with Gasteiger partial charge in [0.25, 0.3) is 0 Å². The molecule has 1 aliphatic carbocycles. The van der Waals surface area contributed by atoms with E-state index in [-0.39, 0.29) is 0 Å². The third-order valence-electron chi connectivity index (χ3n) is 4.13. The predicted molar refractivity (Wildman–Crippen MR) is 88.1 cm³/mol. The Morgan fingerprint density at radius 2 is 1.77 bits per heavy atom. The number of ether oxygens (including phenoxy) is 1. The Morgan fingerprint density at radius 3 is 2.27 bits per heavy atom. The van der Waals surface area contributed by atoms with Crippen LogP contribution in [0.15, 0.2) is 24.3 Å². The van der Waals surface area contributed by atoms with E-state index in [2.05, 4.69) is 17.4 Å². The number of carbonyl (C=O) groups excluding carboxylic acids is 1. The molecule has 4 nitrogen and oxygen atoms in total. The molecule has 122 valence electrons. The Morgan fingerprint density at radius 1 is 1.18 bits per heavy atom. The van der Waals surface area contributed by atoms with Crippen molar-refractivity contribution in [1.29, 1.82) is 0 Å². The maximum absolute atomic E-state index is 11.7. The Labute approximate surface area is 132 Å². The fraction of sp³-hybridized carbons (Fsp3) is 0.611. The highest BCUT2D eigenvalue weighted by atomic mass is 16.6. The average molecular weight is 305 g/mol. The van der Waals surface area contributed by atoms with Crippen molar-refractivity contribution >= 4 is 11.8 Å². The van der Waals surface area contributed by atoms with Crippen LogP contribution in [0, 0.1) is 5.92 Å². The molecule has 1 saturated carbocycles. The van der Waals surface area contributed by atoms with Crippen molar-refractivity contribution in [2.45, 2.75) is 58.0 Å². The fourth-order valence-corrected chi connectivity index (χ4v) is 2.94. The number of carbonyl (C=O) groups is 1. The van der Waals surface area contributed by atoms with Crippen LogP contribution in [0.25, 0.3) is 0 Å². The lowest BCUT2D eigenvalue weighted by Crippen LogP contribution is -2.27. The molecule has 22 heavy (non-hydrogen) atoms. The number of rotatable bonds is 3. The largest absolute Gasteiger partial charge is 0.444 e. The number of aliphatic hydroxyl groups is 1. The van der Waals surface area contributed by atoms with Gasteiger partial charge in [-0.2, -0.15) is 0 Å². The Bertz CT molecular complexity index is 482. The summed E-state index contributed by atoms with van der Waals surface area (Å²) >= 11 is 0. The second-order valence-corrected chi connectivity index (χ2v) is 7.15. The number of anilines is 1. The monoisotopic (exact) mass is 305 g/mol. The molecule has 0 spiro atoms. The normalized spacial score (nSPS) is 22.2. The van der Waals surface area contributed by atoms with Crippen molar-refractivity contribution in [1.82, 2.24) is 0 Å². The molecule has 0 aliphatic heterocycles. The summed E-state index contributed by atoms with van der Waals surface area (Å²) in [5, 5.41) is 11.9. The first-order valence-electron chi connectivity index (χ1n) is 8.08. The van der Waals surface area contributed by atoms with Crippen LogP contribution in [0.4, 0.5) is 10.5 Å². The van der Waals surface area contributed by atoms with Crippen LogP contribution in [0.2, 0.25) is 0 Å². The van der Waals surface area contributed by atoms with E-state index in [0.29, 0.717) is 18.4 Å². The van der Waals surface area contributed by atoms with Gasteiger partial charge < -0.3 is 9.84 Å². The summed E-state index contributed by atoms with van der Waals surface area (Å²) in [4.78, 5) is 11.7. The second kappa shape index (κ2) is 7.14. The minimum absolute atomic E-state index is 0.311. The maximum Gasteiger partial charge on any atom is 0.412 e. The molecule has 4 heteroatoms. The number of hydrogen-bond donors (Lipinski definition) is 2. The topological polar surface area (TPSA) is 58.6 Å². The third kappa shape index (κ3) is 5.02. The molecule has 0 unspecified atom stereocenters. The van der Waals surface area contributed by atoms with Gasteiger partial charge >= 0.3 is 6.09 Å². The highest BCUT2D eigenvalue weighted by Gasteiger charge is 2.22. The van der Waals surface area contributed by atoms with Gasteiger partial charge in [-0.3, -0.25) is 5.32 Å². The first-order chi connectivity index (χ1) is 10.4. The average Bonchev–Trinajstić information content (AvgIpc) is 2.46. The Hall–Kier alpha value is -1.55. The van der Waals surface area contributed by atoms with E-state index < -0.39 is 11.7 Å². The molecule has 1 fully saturated rings. The van der Waals surface area contributed by atoms with E-state index >= 15 is 0 Å². The highest BCUT2D eigenvalue weighted by Crippen LogP contribution is 2.35. The van der Waals surface area contributed by atoms with Crippen LogP contribution in [-0.4, -0.2) is 23.4 Å². The van der Waals surface area contributed by atoms with Gasteiger partial charge in [0.2, 0.25) is 0 Å². The van der Waals surface area contributed by atoms with Crippen LogP contribution in [0.1, 0.15) is 57.9 Å². The second-order valence-electron chi connectivity index (χ2n) is 7.15. The van der Waals surface area contributed by atoms with E-state index in [1.165, 1.54) is 5.56 Å². The highest BCUT2D eigenvalue weighted by molar-refractivity contribution is 5.84. The predicted octanol–water partition coefficient (Wildman–Crippen LogP) is 4.30. The number of benzene rings is 1. The summed E-state index contributed by atoms with van der Waals surface area (Å²) < 4.78 is 5.24. The lowest BCUT2D eigenvalue weighted by atomic mass is 9.79. The van der Waals surface area contributed by atoms with Crippen molar-refractivity contribution in [3.05, 3.63) is 29.8 Å². The minimum Gasteiger partial charge on any atom is -0.444 e. The first kappa shape index (κ1) is 16.8. The molecular formula is C18H27NO3. The van der Waals surface area contributed by atoms with Gasteiger partial charge in [0.05, 0.1) is 0 Å². The van der Waals surface area contributed by atoms with Gasteiger partial charge in [0.15, 0.2) is 0 Å². The SMILES string of the molecule is CC(C)(C)OC(=O)Nc1ccc(C2CCC(CO)CC2)cc1. The molecule has 0 heterocycles. The smallest absolute Gasteiger partial charge is 0.412 e. The molecule has 0 aromatic heterocycles. The standard InChI is InChI=1S/C18H27NO3/c1-18(2,3)22-17(21)19-16-10-8-15(9-11-16)14-6-4-13(12-20)5-7-14/h8-11,13-14,20H,4-7,12H2,1-3H3,(H,19,21). The number of aliphatic hydroxyl groups excluding tert-OH is 1. The van der Waals surface area contributed by atoms with Crippen molar-refractivity contribution in [2.75, 3.05) is 11.9 Å². The summed E-state index contributed by atoms with van der Waals surface area (Å²) in [5.41, 5.74) is 1.57. The van der Waals surface area contributed by atoms with Gasteiger partial charge in [0.1, 0.15) is 5.60 Å². The van der Waals surface area contributed by atoms with Crippen LogP contribution >= 0.6 is 0 Å². The molecule has 0 radical (unpaired) electrons. The molecule has 1 amide bonds. The number of amides is 1. The van der Waals surface area contributed by atoms with E-state index in [1.807, 2.05) is 32.9 Å². The summed E-state index contributed by atoms with van der Waals surface area (Å²) in [6, 6.07) is 8.02. The van der Waals surface area contributed by atoms with E-state index in [9.17, 15) is 9.90 Å². The van der Waals surface area contributed by atoms with Crippen molar-refractivity contribution in [3.63, 3.8) is 0 Å². The van der Waals surface area contributed by atoms with E-state index in [1.54, 1.807) is 0 Å². The van der Waals surface area contributed by atoms with E-state index in [4.69, 9.17) is 4.74 Å². The van der Waals surface area contributed by atoms with Crippen LogP contribution < -0.4 is 5.32 Å². The number of nitrogens with one attached hydrogen (secondary N) is 1. The third-order valence-corrected chi connectivity index (χ3v) is 4.13. The van der Waals surface area contributed by atoms with Crippen LogP contribution in [-0.2, 0) is 4.74 Å².